The van der Waals surface area contributed by atoms with E-state index in [0.717, 1.165) is 43.2 Å². The van der Waals surface area contributed by atoms with Crippen molar-refractivity contribution in [2.75, 3.05) is 0 Å². The molecule has 0 saturated heterocycles. The molecule has 5 atom stereocenters. The van der Waals surface area contributed by atoms with Crippen LogP contribution < -0.4 is 10.7 Å². The molecule has 9 nitrogen and oxygen atoms in total. The van der Waals surface area contributed by atoms with Crippen molar-refractivity contribution in [3.63, 3.8) is 0 Å². The van der Waals surface area contributed by atoms with Crippen LogP contribution in [0.3, 0.4) is 0 Å². The van der Waals surface area contributed by atoms with E-state index in [9.17, 15) is 34.8 Å². The fourth-order valence-electron chi connectivity index (χ4n) is 10.2. The lowest BCUT2D eigenvalue weighted by molar-refractivity contribution is -0.0647. The van der Waals surface area contributed by atoms with Crippen LogP contribution in [0.4, 0.5) is 0 Å². The molecule has 0 radical (unpaired) electrons. The zero-order valence-electron chi connectivity index (χ0n) is 31.3. The summed E-state index contributed by atoms with van der Waals surface area (Å²) in [6, 6.07) is 26.6. The highest BCUT2D eigenvalue weighted by Gasteiger charge is 2.61. The minimum atomic E-state index is -1.24. The van der Waals surface area contributed by atoms with Crippen molar-refractivity contribution < 1.29 is 34.4 Å². The maximum atomic E-state index is 13.4. The molecule has 1 heterocycles. The Morgan fingerprint density at radius 1 is 0.860 bits per heavy atom. The molecule has 1 aliphatic heterocycles. The van der Waals surface area contributed by atoms with Gasteiger partial charge in [-0.15, -0.1) is 0 Å². The number of hydrogen-bond donors (Lipinski definition) is 5. The second kappa shape index (κ2) is 13.7. The Morgan fingerprint density at radius 3 is 2.44 bits per heavy atom. The molecule has 57 heavy (non-hydrogen) atoms. The highest BCUT2D eigenvalue weighted by molar-refractivity contribution is 6.09. The van der Waals surface area contributed by atoms with Gasteiger partial charge in [-0.05, 0) is 139 Å². The number of carbonyl (C=O) groups excluding carboxylic acids is 1. The van der Waals surface area contributed by atoms with E-state index in [1.807, 2.05) is 30.3 Å². The number of aromatic hydroxyl groups is 2. The van der Waals surface area contributed by atoms with Gasteiger partial charge in [-0.2, -0.15) is 0 Å². The number of phenolic OH excluding ortho intramolecular Hbond substituents is 2. The number of carboxylic acid groups (broad SMARTS) is 1. The molecule has 0 spiro atoms. The Hall–Kier alpha value is -6.37. The summed E-state index contributed by atoms with van der Waals surface area (Å²) in [4.78, 5) is 38.1. The fourth-order valence-corrected chi connectivity index (χ4v) is 10.2. The largest absolute Gasteiger partial charge is 0.508 e. The van der Waals surface area contributed by atoms with Crippen LogP contribution in [-0.2, 0) is 13.0 Å². The maximum Gasteiger partial charge on any atom is 0.336 e. The lowest BCUT2D eigenvalue weighted by Gasteiger charge is -2.52. The molecule has 2 fully saturated rings. The van der Waals surface area contributed by atoms with Crippen LogP contribution in [0.2, 0.25) is 0 Å². The second-order valence-corrected chi connectivity index (χ2v) is 16.2. The van der Waals surface area contributed by atoms with Gasteiger partial charge in [0.2, 0.25) is 0 Å². The first-order valence-corrected chi connectivity index (χ1v) is 19.4. The highest BCUT2D eigenvalue weighted by Crippen LogP contribution is 2.64. The van der Waals surface area contributed by atoms with E-state index in [0.29, 0.717) is 52.0 Å². The van der Waals surface area contributed by atoms with Crippen molar-refractivity contribution in [3.05, 3.63) is 141 Å². The first kappa shape index (κ1) is 36.3. The van der Waals surface area contributed by atoms with Crippen molar-refractivity contribution in [1.82, 2.24) is 5.32 Å². The van der Waals surface area contributed by atoms with Gasteiger partial charge in [0.05, 0.1) is 5.56 Å². The quantitative estimate of drug-likeness (QED) is 0.0869. The third-order valence-electron chi connectivity index (χ3n) is 13.1. The summed E-state index contributed by atoms with van der Waals surface area (Å²) in [6.07, 6.45) is 5.48. The molecule has 9 heteroatoms. The number of amides is 1. The molecule has 5 N–H and O–H groups in total. The van der Waals surface area contributed by atoms with Crippen molar-refractivity contribution in [1.29, 1.82) is 0 Å². The molecule has 2 saturated carbocycles. The van der Waals surface area contributed by atoms with Crippen molar-refractivity contribution in [3.8, 4) is 45.8 Å². The number of carbonyl (C=O) groups is 2. The van der Waals surface area contributed by atoms with Gasteiger partial charge in [0.15, 0.2) is 5.43 Å². The average Bonchev–Trinajstić information content (AvgIpc) is 3.47. The zero-order chi connectivity index (χ0) is 39.6. The van der Waals surface area contributed by atoms with E-state index in [-0.39, 0.29) is 45.6 Å². The van der Waals surface area contributed by atoms with E-state index < -0.39 is 17.5 Å². The summed E-state index contributed by atoms with van der Waals surface area (Å²) in [6.45, 7) is 2.42. The monoisotopic (exact) mass is 759 g/mol. The Morgan fingerprint density at radius 2 is 1.63 bits per heavy atom. The van der Waals surface area contributed by atoms with E-state index >= 15 is 0 Å². The topological polar surface area (TPSA) is 157 Å². The van der Waals surface area contributed by atoms with Crippen LogP contribution in [0.25, 0.3) is 33.4 Å². The van der Waals surface area contributed by atoms with E-state index in [2.05, 4.69) is 30.1 Å². The predicted molar refractivity (Wildman–Crippen MR) is 215 cm³/mol. The molecule has 5 aliphatic rings. The highest BCUT2D eigenvalue weighted by atomic mass is 16.4. The lowest BCUT2D eigenvalue weighted by atomic mass is 9.53. The smallest absolute Gasteiger partial charge is 0.336 e. The third-order valence-corrected chi connectivity index (χ3v) is 13.1. The van der Waals surface area contributed by atoms with Crippen LogP contribution in [0, 0.1) is 29.1 Å². The molecule has 0 bridgehead atoms. The first-order valence-electron chi connectivity index (χ1n) is 19.4. The van der Waals surface area contributed by atoms with Crippen LogP contribution >= 0.6 is 0 Å². The fraction of sp³-hybridized carbons (Fsp3) is 0.271. The standard InChI is InChI=1S/C48H41NO8/c1-47-19-17-35-34-13-8-31(50)22-29(34)6-11-36(35)41(47)18-21-48(47,56)20-16-27-2-4-28(5-3-27)26-49-45(53)30-7-12-37(40(23-30)46(54)55)44-38-14-9-32(51)24-42(38)57-43-25-33(52)10-15-39(43)44/h2-5,7-10,12-15,22-25,35-36,41,50-51,56H,6,11,17-19,21,26H2,1H3,(H,49,53)(H,54,55)/t35-,36-,41+,47+,48+/m1/s1. The Bertz CT molecular complexity index is 2700. The molecule has 286 valence electrons. The normalized spacial score (nSPS) is 23.5. The van der Waals surface area contributed by atoms with Crippen molar-refractivity contribution in [2.24, 2.45) is 17.3 Å². The molecule has 4 aromatic rings. The second-order valence-electron chi connectivity index (χ2n) is 16.2. The molecular weight excluding hydrogens is 719 g/mol. The van der Waals surface area contributed by atoms with Gasteiger partial charge in [-0.25, -0.2) is 4.79 Å². The molecule has 0 aromatic heterocycles. The number of fused-ring (bicyclic) bond motifs is 7. The van der Waals surface area contributed by atoms with Gasteiger partial charge < -0.3 is 30.2 Å². The SMILES string of the molecule is C[C@]12CC[C@@H]3c4ccc(O)cc4CC[C@H]3[C@@H]1CC[C@@]2(O)C#Cc1ccc(CNC(=O)c2ccc(-c3c4ccc(=O)cc-4oc4cc(O)ccc34)c(C(=O)O)c2)cc1. The number of phenols is 2. The van der Waals surface area contributed by atoms with Gasteiger partial charge in [-0.1, -0.05) is 43.0 Å². The Labute approximate surface area is 329 Å². The van der Waals surface area contributed by atoms with E-state index in [4.69, 9.17) is 4.42 Å². The minimum absolute atomic E-state index is 0.0500. The van der Waals surface area contributed by atoms with Crippen LogP contribution in [-0.4, -0.2) is 37.9 Å². The summed E-state index contributed by atoms with van der Waals surface area (Å²) >= 11 is 0. The number of aryl methyl sites for hydroxylation is 1. The van der Waals surface area contributed by atoms with Gasteiger partial charge in [0.1, 0.15) is 28.4 Å². The molecule has 4 aliphatic carbocycles. The number of nitrogens with one attached hydrogen (secondary N) is 1. The number of aliphatic hydroxyl groups is 1. The minimum Gasteiger partial charge on any atom is -0.508 e. The predicted octanol–water partition coefficient (Wildman–Crippen LogP) is 8.24. The van der Waals surface area contributed by atoms with E-state index in [1.54, 1.807) is 30.3 Å². The summed E-state index contributed by atoms with van der Waals surface area (Å²) in [5.41, 5.74) is 4.19. The number of aromatic carboxylic acids is 1. The average molecular weight is 760 g/mol. The molecule has 1 amide bonds. The lowest BCUT2D eigenvalue weighted by Crippen LogP contribution is -2.50. The molecule has 0 unspecified atom stereocenters. The van der Waals surface area contributed by atoms with Gasteiger partial charge in [0, 0.05) is 51.7 Å². The first-order chi connectivity index (χ1) is 27.4. The van der Waals surface area contributed by atoms with Crippen molar-refractivity contribution >= 4 is 22.8 Å². The molecular formula is C48H41NO8. The summed E-state index contributed by atoms with van der Waals surface area (Å²) in [5, 5.41) is 45.9. The third kappa shape index (κ3) is 6.21. The van der Waals surface area contributed by atoms with Crippen LogP contribution in [0.15, 0.2) is 106 Å². The van der Waals surface area contributed by atoms with Gasteiger partial charge >= 0.3 is 5.97 Å². The number of hydrogen-bond acceptors (Lipinski definition) is 7. The maximum absolute atomic E-state index is 13.4. The van der Waals surface area contributed by atoms with Crippen LogP contribution in [0.1, 0.15) is 87.9 Å². The van der Waals surface area contributed by atoms with Gasteiger partial charge in [0.25, 0.3) is 5.91 Å². The summed E-state index contributed by atoms with van der Waals surface area (Å²) in [5.74, 6) is 6.71. The number of carboxylic acids is 1. The molecule has 4 aromatic carbocycles. The number of benzene rings is 5. The van der Waals surface area contributed by atoms with Crippen LogP contribution in [0.5, 0.6) is 11.5 Å². The zero-order valence-corrected chi connectivity index (χ0v) is 31.3. The van der Waals surface area contributed by atoms with Gasteiger partial charge in [-0.3, -0.25) is 9.59 Å². The summed E-state index contributed by atoms with van der Waals surface area (Å²) < 4.78 is 5.91. The Balaban J connectivity index is 0.900. The Kier molecular flexibility index (Phi) is 8.71. The number of rotatable bonds is 5. The summed E-state index contributed by atoms with van der Waals surface area (Å²) in [7, 11) is 0. The van der Waals surface area contributed by atoms with E-state index in [1.165, 1.54) is 41.5 Å². The molecule has 9 rings (SSSR count). The van der Waals surface area contributed by atoms with Crippen molar-refractivity contribution in [2.45, 2.75) is 63.5 Å².